The highest BCUT2D eigenvalue weighted by atomic mass is 32.1. The van der Waals surface area contributed by atoms with Crippen LogP contribution in [0.4, 0.5) is 26.3 Å². The minimum Gasteiger partial charge on any atom is -0.542 e. The number of piperidine rings is 1. The van der Waals surface area contributed by atoms with E-state index in [0.29, 0.717) is 34.3 Å². The number of nitrogens with zero attached hydrogens (tertiary/aromatic N) is 4. The number of carbonyl (C=O) groups excluding carboxylic acids is 2. The Labute approximate surface area is 308 Å². The van der Waals surface area contributed by atoms with Crippen molar-refractivity contribution in [1.29, 1.82) is 0 Å². The molecule has 1 fully saturated rings. The minimum absolute atomic E-state index is 0.0632. The molecule has 282 valence electrons. The monoisotopic (exact) mass is 770 g/mol. The van der Waals surface area contributed by atoms with Crippen LogP contribution >= 0.6 is 11.3 Å². The number of thiophene rings is 1. The van der Waals surface area contributed by atoms with Crippen molar-refractivity contribution in [1.82, 2.24) is 24.9 Å². The van der Waals surface area contributed by atoms with Gasteiger partial charge >= 0.3 is 12.4 Å². The van der Waals surface area contributed by atoms with E-state index in [9.17, 15) is 31.1 Å². The summed E-state index contributed by atoms with van der Waals surface area (Å²) in [5.41, 5.74) is 4.05. The van der Waals surface area contributed by atoms with Gasteiger partial charge in [0.2, 0.25) is 0 Å². The molecule has 10 nitrogen and oxygen atoms in total. The van der Waals surface area contributed by atoms with Gasteiger partial charge in [-0.3, -0.25) is 9.78 Å². The zero-order valence-corrected chi connectivity index (χ0v) is 29.1. The fourth-order valence-electron chi connectivity index (χ4n) is 6.10. The number of ether oxygens (including phenoxy) is 1. The SMILES string of the molecule is O=C(NC(c1cccc2ncccc12)C(F)(F)F)c1cc(-c2cnn3cc(-c4ccc(OCC[NH+]5CCCCC5)cc4)cnc23)cs1.O=C([O-])C(F)(F)F. The smallest absolute Gasteiger partial charge is 0.430 e. The fraction of sp³-hybridized carbons (Fsp3) is 0.270. The molecule has 5 heterocycles. The summed E-state index contributed by atoms with van der Waals surface area (Å²) in [5.74, 6) is -3.00. The molecule has 2 N–H and O–H groups in total. The van der Waals surface area contributed by atoms with Crippen molar-refractivity contribution in [2.24, 2.45) is 0 Å². The van der Waals surface area contributed by atoms with Gasteiger partial charge in [-0.2, -0.15) is 31.4 Å². The second-order valence-corrected chi connectivity index (χ2v) is 13.4. The first kappa shape index (κ1) is 38.2. The third kappa shape index (κ3) is 9.14. The molecule has 2 aromatic carbocycles. The summed E-state index contributed by atoms with van der Waals surface area (Å²) in [6.45, 7) is 4.15. The Morgan fingerprint density at radius 2 is 1.67 bits per heavy atom. The number of likely N-dealkylation sites (tertiary alicyclic amines) is 1. The maximum absolute atomic E-state index is 14.2. The largest absolute Gasteiger partial charge is 0.542 e. The van der Waals surface area contributed by atoms with Gasteiger partial charge in [0.15, 0.2) is 11.7 Å². The highest BCUT2D eigenvalue weighted by Gasteiger charge is 2.43. The maximum Gasteiger partial charge on any atom is 0.430 e. The van der Waals surface area contributed by atoms with Crippen molar-refractivity contribution in [2.45, 2.75) is 37.7 Å². The molecular weight excluding hydrogens is 739 g/mol. The van der Waals surface area contributed by atoms with Gasteiger partial charge in [0, 0.05) is 35.1 Å². The summed E-state index contributed by atoms with van der Waals surface area (Å²) in [4.78, 5) is 32.5. The summed E-state index contributed by atoms with van der Waals surface area (Å²) < 4.78 is 81.9. The third-order valence-electron chi connectivity index (χ3n) is 8.79. The Kier molecular flexibility index (Phi) is 11.5. The van der Waals surface area contributed by atoms with E-state index < -0.39 is 30.3 Å². The highest BCUT2D eigenvalue weighted by Crippen LogP contribution is 2.37. The first-order valence-corrected chi connectivity index (χ1v) is 17.6. The average Bonchev–Trinajstić information content (AvgIpc) is 3.81. The number of halogens is 6. The Morgan fingerprint density at radius 1 is 0.926 bits per heavy atom. The number of carboxylic acid groups (broad SMARTS) is 1. The van der Waals surface area contributed by atoms with E-state index in [4.69, 9.17) is 14.6 Å². The van der Waals surface area contributed by atoms with Crippen LogP contribution in [0.25, 0.3) is 38.8 Å². The zero-order chi connectivity index (χ0) is 38.5. The van der Waals surface area contributed by atoms with E-state index in [0.717, 1.165) is 34.8 Å². The van der Waals surface area contributed by atoms with Crippen molar-refractivity contribution in [2.75, 3.05) is 26.2 Å². The van der Waals surface area contributed by atoms with Gasteiger partial charge in [-0.05, 0) is 71.7 Å². The number of hydrogen-bond acceptors (Lipinski definition) is 8. The van der Waals surface area contributed by atoms with Gasteiger partial charge in [-0.25, -0.2) is 9.50 Å². The number of fused-ring (bicyclic) bond motifs is 2. The maximum atomic E-state index is 14.2. The number of aliphatic carboxylic acids is 1. The van der Waals surface area contributed by atoms with Crippen LogP contribution in [0.5, 0.6) is 5.75 Å². The molecule has 7 rings (SSSR count). The van der Waals surface area contributed by atoms with Gasteiger partial charge in [-0.1, -0.05) is 30.3 Å². The number of quaternary nitrogens is 1. The van der Waals surface area contributed by atoms with Crippen LogP contribution in [-0.4, -0.2) is 70.1 Å². The number of nitrogens with one attached hydrogen (secondary N) is 2. The first-order valence-electron chi connectivity index (χ1n) is 16.8. The minimum atomic E-state index is -5.19. The molecule has 1 atom stereocenters. The lowest BCUT2D eigenvalue weighted by Crippen LogP contribution is -3.13. The van der Waals surface area contributed by atoms with E-state index in [1.165, 1.54) is 50.7 Å². The average molecular weight is 771 g/mol. The molecule has 0 spiro atoms. The normalized spacial score (nSPS) is 14.3. The Morgan fingerprint density at radius 3 is 2.37 bits per heavy atom. The van der Waals surface area contributed by atoms with Crippen LogP contribution in [0, 0.1) is 0 Å². The lowest BCUT2D eigenvalue weighted by molar-refractivity contribution is -0.904. The van der Waals surface area contributed by atoms with E-state index in [2.05, 4.69) is 20.4 Å². The standard InChI is InChI=1S/C35H31F3N6O2S.C2HF3O2/c36-35(37,38)32(28-6-4-8-30-27(28)7-5-13-39-30)42-34(45)31-18-24(22-47-31)29-20-41-44-21-25(19-40-33(29)44)23-9-11-26(12-10-23)46-17-16-43-14-2-1-3-15-43;3-2(4,5)1(6)7/h4-13,18-22,32H,1-3,14-17H2,(H,42,45);(H,6,7). The summed E-state index contributed by atoms with van der Waals surface area (Å²) in [6.07, 6.45) is 0.788. The second kappa shape index (κ2) is 16.2. The molecule has 1 aliphatic heterocycles. The number of alkyl halides is 6. The number of hydrogen-bond donors (Lipinski definition) is 2. The molecule has 6 aromatic rings. The Balaban J connectivity index is 0.000000649. The molecule has 4 aromatic heterocycles. The number of carboxylic acids is 1. The van der Waals surface area contributed by atoms with Gasteiger partial charge in [-0.15, -0.1) is 11.3 Å². The number of pyridine rings is 1. The summed E-state index contributed by atoms with van der Waals surface area (Å²) in [5, 5.41) is 17.5. The molecule has 1 aliphatic rings. The predicted octanol–water partition coefficient (Wildman–Crippen LogP) is 5.45. The molecule has 17 heteroatoms. The quantitative estimate of drug-likeness (QED) is 0.187. The number of aromatic nitrogens is 4. The lowest BCUT2D eigenvalue weighted by Gasteiger charge is -2.23. The number of amides is 1. The van der Waals surface area contributed by atoms with Crippen LogP contribution in [0.15, 0.2) is 90.8 Å². The molecule has 0 saturated carbocycles. The van der Waals surface area contributed by atoms with E-state index >= 15 is 0 Å². The third-order valence-corrected chi connectivity index (χ3v) is 9.72. The van der Waals surface area contributed by atoms with Crippen LogP contribution in [0.2, 0.25) is 0 Å². The molecule has 0 radical (unpaired) electrons. The summed E-state index contributed by atoms with van der Waals surface area (Å²) >= 11 is 1.06. The fourth-order valence-corrected chi connectivity index (χ4v) is 6.91. The molecule has 54 heavy (non-hydrogen) atoms. The van der Waals surface area contributed by atoms with Gasteiger partial charge in [0.25, 0.3) is 5.91 Å². The predicted molar refractivity (Wildman–Crippen MR) is 186 cm³/mol. The lowest BCUT2D eigenvalue weighted by atomic mass is 10.0. The van der Waals surface area contributed by atoms with E-state index in [1.54, 1.807) is 51.5 Å². The van der Waals surface area contributed by atoms with Crippen LogP contribution < -0.4 is 20.1 Å². The van der Waals surface area contributed by atoms with Crippen LogP contribution in [0.3, 0.4) is 0 Å². The summed E-state index contributed by atoms with van der Waals surface area (Å²) in [6, 6.07) is 14.9. The van der Waals surface area contributed by atoms with Crippen molar-refractivity contribution < 1.29 is 50.7 Å². The Bertz CT molecular complexity index is 2230. The molecular formula is C37H32F6N6O4S. The van der Waals surface area contributed by atoms with Crippen molar-refractivity contribution in [3.05, 3.63) is 101 Å². The Hall–Kier alpha value is -5.55. The molecule has 1 amide bonds. The van der Waals surface area contributed by atoms with Crippen molar-refractivity contribution in [3.8, 4) is 28.0 Å². The highest BCUT2D eigenvalue weighted by molar-refractivity contribution is 7.12. The van der Waals surface area contributed by atoms with E-state index in [-0.39, 0.29) is 10.4 Å². The van der Waals surface area contributed by atoms with Crippen LogP contribution in [0.1, 0.15) is 40.5 Å². The van der Waals surface area contributed by atoms with Gasteiger partial charge in [0.05, 0.1) is 29.7 Å². The van der Waals surface area contributed by atoms with E-state index in [1.807, 2.05) is 30.5 Å². The van der Waals surface area contributed by atoms with Gasteiger partial charge in [0.1, 0.15) is 24.9 Å². The first-order chi connectivity index (χ1) is 25.8. The molecule has 1 saturated heterocycles. The summed E-state index contributed by atoms with van der Waals surface area (Å²) in [7, 11) is 0. The number of benzene rings is 2. The van der Waals surface area contributed by atoms with Crippen molar-refractivity contribution >= 4 is 39.8 Å². The van der Waals surface area contributed by atoms with Crippen molar-refractivity contribution in [3.63, 3.8) is 0 Å². The topological polar surface area (TPSA) is 126 Å². The molecule has 0 aliphatic carbocycles. The zero-order valence-electron chi connectivity index (χ0n) is 28.3. The number of rotatable bonds is 9. The second-order valence-electron chi connectivity index (χ2n) is 12.5. The van der Waals surface area contributed by atoms with Gasteiger partial charge < -0.3 is 24.9 Å². The molecule has 0 bridgehead atoms. The molecule has 1 unspecified atom stereocenters. The number of carbonyl (C=O) groups is 2. The van der Waals surface area contributed by atoms with Crippen LogP contribution in [-0.2, 0) is 4.79 Å².